The van der Waals surface area contributed by atoms with Crippen LogP contribution in [0, 0.1) is 0 Å². The number of aromatic amines is 1. The van der Waals surface area contributed by atoms with Crippen LogP contribution >= 0.6 is 0 Å². The van der Waals surface area contributed by atoms with E-state index in [0.717, 1.165) is 37.3 Å². The zero-order valence-electron chi connectivity index (χ0n) is 14.1. The number of nitrogens with one attached hydrogen (secondary N) is 1. The van der Waals surface area contributed by atoms with Gasteiger partial charge in [0.1, 0.15) is 0 Å². The highest BCUT2D eigenvalue weighted by Gasteiger charge is 2.33. The van der Waals surface area contributed by atoms with E-state index >= 15 is 0 Å². The Bertz CT molecular complexity index is 707. The molecule has 1 N–H and O–H groups in total. The van der Waals surface area contributed by atoms with Gasteiger partial charge in [0.25, 0.3) is 5.91 Å². The molecule has 0 radical (unpaired) electrons. The normalized spacial score (nSPS) is 21.9. The molecule has 1 saturated carbocycles. The van der Waals surface area contributed by atoms with Crippen LogP contribution in [-0.2, 0) is 6.42 Å². The Morgan fingerprint density at radius 2 is 2.04 bits per heavy atom. The minimum absolute atomic E-state index is 0.136. The van der Waals surface area contributed by atoms with E-state index in [1.807, 2.05) is 11.0 Å². The standard InChI is InChI=1S/C19H24N4O/c1-22-9-10-23(13-16(22)11-14-5-3-2-4-6-14)19(24)17-12-20-21-18(17)15-7-8-15/h2-6,12,15-16H,7-11,13H2,1H3,(H,20,21). The van der Waals surface area contributed by atoms with E-state index in [2.05, 4.69) is 46.4 Å². The highest BCUT2D eigenvalue weighted by atomic mass is 16.2. The van der Waals surface area contributed by atoms with Crippen molar-refractivity contribution in [3.05, 3.63) is 53.3 Å². The third-order valence-corrected chi connectivity index (χ3v) is 5.26. The van der Waals surface area contributed by atoms with Crippen molar-refractivity contribution in [2.45, 2.75) is 31.2 Å². The summed E-state index contributed by atoms with van der Waals surface area (Å²) in [4.78, 5) is 17.3. The van der Waals surface area contributed by atoms with E-state index in [0.29, 0.717) is 12.0 Å². The Hall–Kier alpha value is -2.14. The Labute approximate surface area is 142 Å². The fraction of sp³-hybridized carbons (Fsp3) is 0.474. The summed E-state index contributed by atoms with van der Waals surface area (Å²) < 4.78 is 0. The van der Waals surface area contributed by atoms with Crippen LogP contribution in [0.4, 0.5) is 0 Å². The first-order chi connectivity index (χ1) is 11.7. The van der Waals surface area contributed by atoms with Crippen LogP contribution in [0.25, 0.3) is 0 Å². The number of carbonyl (C=O) groups excluding carboxylic acids is 1. The van der Waals surface area contributed by atoms with Crippen molar-refractivity contribution in [3.8, 4) is 0 Å². The van der Waals surface area contributed by atoms with Crippen molar-refractivity contribution in [2.24, 2.45) is 0 Å². The van der Waals surface area contributed by atoms with Gasteiger partial charge in [-0.1, -0.05) is 30.3 Å². The third-order valence-electron chi connectivity index (χ3n) is 5.26. The molecule has 1 aromatic heterocycles. The first-order valence-corrected chi connectivity index (χ1v) is 8.79. The molecule has 1 aromatic carbocycles. The number of hydrogen-bond acceptors (Lipinski definition) is 3. The second-order valence-corrected chi connectivity index (χ2v) is 7.05. The molecule has 2 aromatic rings. The van der Waals surface area contributed by atoms with Gasteiger partial charge in [-0.25, -0.2) is 0 Å². The van der Waals surface area contributed by atoms with E-state index in [4.69, 9.17) is 0 Å². The lowest BCUT2D eigenvalue weighted by molar-refractivity contribution is 0.0546. The zero-order valence-corrected chi connectivity index (χ0v) is 14.1. The van der Waals surface area contributed by atoms with Crippen LogP contribution in [0.5, 0.6) is 0 Å². The van der Waals surface area contributed by atoms with E-state index in [1.165, 1.54) is 18.4 Å². The molecule has 1 atom stereocenters. The van der Waals surface area contributed by atoms with Gasteiger partial charge in [0.2, 0.25) is 0 Å². The molecule has 0 bridgehead atoms. The smallest absolute Gasteiger partial charge is 0.257 e. The van der Waals surface area contributed by atoms with E-state index < -0.39 is 0 Å². The average molecular weight is 324 g/mol. The van der Waals surface area contributed by atoms with Crippen LogP contribution < -0.4 is 0 Å². The number of likely N-dealkylation sites (N-methyl/N-ethyl adjacent to an activating group) is 1. The quantitative estimate of drug-likeness (QED) is 0.939. The minimum Gasteiger partial charge on any atom is -0.336 e. The van der Waals surface area contributed by atoms with Gasteiger partial charge >= 0.3 is 0 Å². The number of aromatic nitrogens is 2. The lowest BCUT2D eigenvalue weighted by Gasteiger charge is -2.39. The van der Waals surface area contributed by atoms with Crippen molar-refractivity contribution >= 4 is 5.91 Å². The van der Waals surface area contributed by atoms with Crippen LogP contribution in [0.2, 0.25) is 0 Å². The summed E-state index contributed by atoms with van der Waals surface area (Å²) in [6, 6.07) is 10.9. The Balaban J connectivity index is 1.47. The molecule has 1 amide bonds. The lowest BCUT2D eigenvalue weighted by Crippen LogP contribution is -2.54. The summed E-state index contributed by atoms with van der Waals surface area (Å²) in [7, 11) is 2.16. The number of carbonyl (C=O) groups is 1. The van der Waals surface area contributed by atoms with Gasteiger partial charge in [-0.15, -0.1) is 0 Å². The molecule has 1 aliphatic heterocycles. The maximum absolute atomic E-state index is 13.0. The predicted molar refractivity (Wildman–Crippen MR) is 93.0 cm³/mol. The number of benzene rings is 1. The molecular weight excluding hydrogens is 300 g/mol. The number of amides is 1. The molecular formula is C19H24N4O. The van der Waals surface area contributed by atoms with Crippen LogP contribution in [0.15, 0.2) is 36.5 Å². The Morgan fingerprint density at radius 1 is 1.25 bits per heavy atom. The summed E-state index contributed by atoms with van der Waals surface area (Å²) in [5.74, 6) is 0.649. The predicted octanol–water partition coefficient (Wildman–Crippen LogP) is 2.29. The molecule has 1 aliphatic carbocycles. The van der Waals surface area contributed by atoms with Gasteiger partial charge in [-0.3, -0.25) is 14.8 Å². The summed E-state index contributed by atoms with van der Waals surface area (Å²) in [6.07, 6.45) is 5.02. The topological polar surface area (TPSA) is 52.2 Å². The largest absolute Gasteiger partial charge is 0.336 e. The summed E-state index contributed by atoms with van der Waals surface area (Å²) in [5, 5.41) is 7.16. The molecule has 5 heteroatoms. The number of piperazine rings is 1. The highest BCUT2D eigenvalue weighted by molar-refractivity contribution is 5.95. The van der Waals surface area contributed by atoms with E-state index in [1.54, 1.807) is 6.20 Å². The summed E-state index contributed by atoms with van der Waals surface area (Å²) in [6.45, 7) is 2.48. The number of hydrogen-bond donors (Lipinski definition) is 1. The third kappa shape index (κ3) is 3.08. The number of rotatable bonds is 4. The molecule has 2 fully saturated rings. The van der Waals surface area contributed by atoms with Crippen LogP contribution in [-0.4, -0.2) is 58.6 Å². The van der Waals surface area contributed by atoms with Crippen molar-refractivity contribution in [3.63, 3.8) is 0 Å². The van der Waals surface area contributed by atoms with Gasteiger partial charge in [0.15, 0.2) is 0 Å². The van der Waals surface area contributed by atoms with Crippen molar-refractivity contribution in [1.82, 2.24) is 20.0 Å². The van der Waals surface area contributed by atoms with Crippen molar-refractivity contribution < 1.29 is 4.79 Å². The van der Waals surface area contributed by atoms with E-state index in [9.17, 15) is 4.79 Å². The molecule has 4 rings (SSSR count). The van der Waals surface area contributed by atoms with Crippen LogP contribution in [0.1, 0.15) is 40.4 Å². The first-order valence-electron chi connectivity index (χ1n) is 8.79. The molecule has 2 aliphatic rings. The fourth-order valence-corrected chi connectivity index (χ4v) is 3.56. The number of H-pyrrole nitrogens is 1. The minimum atomic E-state index is 0.136. The second-order valence-electron chi connectivity index (χ2n) is 7.05. The van der Waals surface area contributed by atoms with Crippen molar-refractivity contribution in [2.75, 3.05) is 26.7 Å². The van der Waals surface area contributed by atoms with Gasteiger partial charge in [0, 0.05) is 31.6 Å². The molecule has 2 heterocycles. The summed E-state index contributed by atoms with van der Waals surface area (Å²) in [5.41, 5.74) is 3.14. The maximum Gasteiger partial charge on any atom is 0.257 e. The van der Waals surface area contributed by atoms with Gasteiger partial charge in [0.05, 0.1) is 17.5 Å². The van der Waals surface area contributed by atoms with Gasteiger partial charge in [-0.2, -0.15) is 5.10 Å². The number of nitrogens with zero attached hydrogens (tertiary/aromatic N) is 3. The molecule has 5 nitrogen and oxygen atoms in total. The fourth-order valence-electron chi connectivity index (χ4n) is 3.56. The molecule has 24 heavy (non-hydrogen) atoms. The zero-order chi connectivity index (χ0) is 16.5. The highest BCUT2D eigenvalue weighted by Crippen LogP contribution is 2.40. The van der Waals surface area contributed by atoms with Gasteiger partial charge in [-0.05, 0) is 31.9 Å². The first kappa shape index (κ1) is 15.4. The maximum atomic E-state index is 13.0. The Morgan fingerprint density at radius 3 is 2.79 bits per heavy atom. The molecule has 1 unspecified atom stereocenters. The molecule has 126 valence electrons. The Kier molecular flexibility index (Phi) is 4.10. The monoisotopic (exact) mass is 324 g/mol. The molecule has 1 saturated heterocycles. The lowest BCUT2D eigenvalue weighted by atomic mass is 10.0. The van der Waals surface area contributed by atoms with Gasteiger partial charge < -0.3 is 4.90 Å². The molecule has 0 spiro atoms. The van der Waals surface area contributed by atoms with Crippen LogP contribution in [0.3, 0.4) is 0 Å². The summed E-state index contributed by atoms with van der Waals surface area (Å²) >= 11 is 0. The average Bonchev–Trinajstić information content (AvgIpc) is 3.34. The SMILES string of the molecule is CN1CCN(C(=O)c2cn[nH]c2C2CC2)CC1Cc1ccccc1. The van der Waals surface area contributed by atoms with Crippen molar-refractivity contribution in [1.29, 1.82) is 0 Å². The van der Waals surface area contributed by atoms with E-state index in [-0.39, 0.29) is 5.91 Å². The second kappa shape index (κ2) is 6.40.